The molecule has 0 spiro atoms. The molecule has 360 valence electrons. The van der Waals surface area contributed by atoms with Gasteiger partial charge in [0.15, 0.2) is 11.5 Å². The molecule has 1 aliphatic rings. The van der Waals surface area contributed by atoms with E-state index in [1.165, 1.54) is 0 Å². The second kappa shape index (κ2) is 18.1. The van der Waals surface area contributed by atoms with Gasteiger partial charge in [0, 0.05) is 44.2 Å². The summed E-state index contributed by atoms with van der Waals surface area (Å²) in [5, 5.41) is 1.59. The normalized spacial score (nSPS) is 13.7. The highest BCUT2D eigenvalue weighted by Crippen LogP contribution is 2.60. The molecule has 0 saturated heterocycles. The van der Waals surface area contributed by atoms with Crippen molar-refractivity contribution in [2.24, 2.45) is 0 Å². The molecule has 1 aliphatic heterocycles. The fraction of sp³-hybridized carbons (Fsp3) is 0.370. The Morgan fingerprint density at radius 2 is 0.779 bits per heavy atom. The molecular formula is C54H62O12P2. The van der Waals surface area contributed by atoms with E-state index in [1.807, 2.05) is 48.5 Å². The molecule has 4 aromatic carbocycles. The highest BCUT2D eigenvalue weighted by Gasteiger charge is 2.40. The van der Waals surface area contributed by atoms with Crippen molar-refractivity contribution < 1.29 is 54.3 Å². The van der Waals surface area contributed by atoms with Gasteiger partial charge in [0.2, 0.25) is 11.5 Å². The zero-order valence-corrected chi connectivity index (χ0v) is 43.7. The van der Waals surface area contributed by atoms with Gasteiger partial charge in [0.25, 0.3) is 0 Å². The quantitative estimate of drug-likeness (QED) is 0.115. The number of hydrogen-bond acceptors (Lipinski definition) is 12. The van der Waals surface area contributed by atoms with Crippen LogP contribution < -0.4 is 28.0 Å². The van der Waals surface area contributed by atoms with E-state index >= 15 is 0 Å². The van der Waals surface area contributed by atoms with Crippen LogP contribution in [-0.2, 0) is 30.7 Å². The van der Waals surface area contributed by atoms with Crippen LogP contribution in [0.1, 0.15) is 117 Å². The number of fused-ring (bicyclic) bond motifs is 3. The molecule has 68 heavy (non-hydrogen) atoms. The SMILES string of the molecule is COc1cc(-c2cc(OC)cc(C(C)(C)C)c2Op2oc3c(C(C)(C)C)cc(OC)cc3c3cc(OC)cc(C(C)(C)C)c3o2)c(OP2OC(c3ccco3)=C(c3ccco3)O2)c(C(C)(C)C)c1. The first-order valence-corrected chi connectivity index (χ1v) is 24.6. The molecule has 0 amide bonds. The van der Waals surface area contributed by atoms with Gasteiger partial charge in [-0.25, -0.2) is 0 Å². The summed E-state index contributed by atoms with van der Waals surface area (Å²) in [6.45, 7) is 25.6. The second-order valence-electron chi connectivity index (χ2n) is 20.8. The Labute approximate surface area is 401 Å². The van der Waals surface area contributed by atoms with Crippen LogP contribution >= 0.6 is 16.8 Å². The molecule has 3 aromatic heterocycles. The standard InChI is InChI=1S/C54H62O12P2/c1-51(2,3)39-27-31(55-13)23-35-36-24-32(56-14)28-40(52(4,5)6)46(36)62-67(61-45(35)39)63-47-37(25-33(57-15)29-41(47)53(7,8)9)38-26-34(58-16)30-42(54(10,11)12)48(38)64-68-65-49(43-19-17-21-59-43)50(66-68)44-20-18-22-60-44/h17-30H,1-16H3. The smallest absolute Gasteiger partial charge is 0.497 e. The molecule has 0 fully saturated rings. The molecule has 4 heterocycles. The summed E-state index contributed by atoms with van der Waals surface area (Å²) >= 11 is 0. The largest absolute Gasteiger partial charge is 0.530 e. The van der Waals surface area contributed by atoms with E-state index in [0.717, 1.165) is 33.0 Å². The van der Waals surface area contributed by atoms with Gasteiger partial charge in [0.05, 0.1) is 41.0 Å². The van der Waals surface area contributed by atoms with E-state index in [1.54, 1.807) is 65.2 Å². The number of methoxy groups -OCH3 is 4. The maximum absolute atomic E-state index is 7.41. The Hall–Kier alpha value is -6.09. The first kappa shape index (κ1) is 48.4. The van der Waals surface area contributed by atoms with Gasteiger partial charge in [-0.2, -0.15) is 0 Å². The Morgan fingerprint density at radius 1 is 0.426 bits per heavy atom. The first-order valence-electron chi connectivity index (χ1n) is 22.4. The van der Waals surface area contributed by atoms with Crippen LogP contribution in [0.3, 0.4) is 0 Å². The van der Waals surface area contributed by atoms with Gasteiger partial charge in [-0.3, -0.25) is 0 Å². The fourth-order valence-corrected chi connectivity index (χ4v) is 10.3. The van der Waals surface area contributed by atoms with Crippen LogP contribution in [0.5, 0.6) is 34.5 Å². The summed E-state index contributed by atoms with van der Waals surface area (Å²) in [4.78, 5) is 0. The van der Waals surface area contributed by atoms with Gasteiger partial charge < -0.3 is 54.3 Å². The van der Waals surface area contributed by atoms with Crippen molar-refractivity contribution in [1.82, 2.24) is 0 Å². The fourth-order valence-electron chi connectivity index (χ4n) is 8.07. The van der Waals surface area contributed by atoms with Gasteiger partial charge in [0.1, 0.15) is 45.7 Å². The molecule has 7 aromatic rings. The minimum Gasteiger partial charge on any atom is -0.497 e. The zero-order valence-electron chi connectivity index (χ0n) is 41.9. The molecule has 0 unspecified atom stereocenters. The lowest BCUT2D eigenvalue weighted by Gasteiger charge is -2.28. The van der Waals surface area contributed by atoms with Crippen molar-refractivity contribution in [1.29, 1.82) is 0 Å². The van der Waals surface area contributed by atoms with E-state index < -0.39 is 27.7 Å². The number of benzene rings is 4. The molecule has 0 atom stereocenters. The van der Waals surface area contributed by atoms with Crippen molar-refractivity contribution in [3.63, 3.8) is 0 Å². The number of ether oxygens (including phenoxy) is 4. The Balaban J connectivity index is 1.43. The van der Waals surface area contributed by atoms with E-state index in [9.17, 15) is 0 Å². The average molecular weight is 965 g/mol. The lowest BCUT2D eigenvalue weighted by atomic mass is 9.81. The van der Waals surface area contributed by atoms with Gasteiger partial charge in [-0.05, 0) is 94.5 Å². The van der Waals surface area contributed by atoms with E-state index in [2.05, 4.69) is 83.1 Å². The summed E-state index contributed by atoms with van der Waals surface area (Å²) in [7, 11) is 2.23. The topological polar surface area (TPSA) is 126 Å². The minimum absolute atomic E-state index is 0.356. The van der Waals surface area contributed by atoms with Crippen LogP contribution in [0.15, 0.2) is 103 Å². The van der Waals surface area contributed by atoms with Crippen molar-refractivity contribution in [2.75, 3.05) is 28.4 Å². The average Bonchev–Trinajstić information content (AvgIpc) is 4.07. The zero-order chi connectivity index (χ0) is 49.1. The maximum Gasteiger partial charge on any atom is 0.530 e. The molecule has 0 bridgehead atoms. The van der Waals surface area contributed by atoms with E-state index in [-0.39, 0.29) is 10.8 Å². The third-order valence-electron chi connectivity index (χ3n) is 11.7. The number of hydrogen-bond donors (Lipinski definition) is 0. The lowest BCUT2D eigenvalue weighted by Crippen LogP contribution is -2.15. The molecule has 0 saturated carbocycles. The van der Waals surface area contributed by atoms with Crippen molar-refractivity contribution in [3.05, 3.63) is 119 Å². The summed E-state index contributed by atoms with van der Waals surface area (Å²) < 4.78 is 77.5. The molecule has 14 heteroatoms. The molecule has 0 N–H and O–H groups in total. The summed E-state index contributed by atoms with van der Waals surface area (Å²) in [5.74, 6) is 5.17. The van der Waals surface area contributed by atoms with Gasteiger partial charge in [-0.15, -0.1) is 0 Å². The van der Waals surface area contributed by atoms with Crippen molar-refractivity contribution in [2.45, 2.75) is 105 Å². The Morgan fingerprint density at radius 3 is 1.12 bits per heavy atom. The van der Waals surface area contributed by atoms with E-state index in [4.69, 9.17) is 54.3 Å². The highest BCUT2D eigenvalue weighted by molar-refractivity contribution is 7.43. The van der Waals surface area contributed by atoms with Crippen molar-refractivity contribution >= 4 is 50.3 Å². The molecular weight excluding hydrogens is 903 g/mol. The number of furan rings is 2. The summed E-state index contributed by atoms with van der Waals surface area (Å²) in [6.07, 6.45) is 3.15. The molecule has 12 nitrogen and oxygen atoms in total. The molecule has 0 aliphatic carbocycles. The predicted octanol–water partition coefficient (Wildman–Crippen LogP) is 16.4. The van der Waals surface area contributed by atoms with Crippen molar-refractivity contribution in [3.8, 4) is 45.6 Å². The Kier molecular flexibility index (Phi) is 12.9. The predicted molar refractivity (Wildman–Crippen MR) is 269 cm³/mol. The third-order valence-corrected chi connectivity index (χ3v) is 13.7. The summed E-state index contributed by atoms with van der Waals surface area (Å²) in [5.41, 5.74) is 4.22. The number of rotatable bonds is 11. The molecule has 8 rings (SSSR count). The monoisotopic (exact) mass is 964 g/mol. The highest BCUT2D eigenvalue weighted by atomic mass is 31.2. The van der Waals surface area contributed by atoms with Crippen LogP contribution in [-0.4, -0.2) is 28.4 Å². The van der Waals surface area contributed by atoms with Crippen LogP contribution in [0.25, 0.3) is 44.6 Å². The van der Waals surface area contributed by atoms with Gasteiger partial charge in [-0.1, -0.05) is 83.1 Å². The van der Waals surface area contributed by atoms with Crippen LogP contribution in [0.4, 0.5) is 0 Å². The first-order chi connectivity index (χ1) is 32.0. The third kappa shape index (κ3) is 9.50. The van der Waals surface area contributed by atoms with Gasteiger partial charge >= 0.3 is 16.8 Å². The van der Waals surface area contributed by atoms with Crippen LogP contribution in [0.2, 0.25) is 0 Å². The van der Waals surface area contributed by atoms with Crippen LogP contribution in [0, 0.1) is 0 Å². The minimum atomic E-state index is -2.27. The second-order valence-corrected chi connectivity index (χ2v) is 22.8. The Bertz CT molecular complexity index is 2910. The van der Waals surface area contributed by atoms with E-state index in [0.29, 0.717) is 79.8 Å². The lowest BCUT2D eigenvalue weighted by molar-refractivity contribution is 0.373. The molecule has 0 radical (unpaired) electrons. The maximum atomic E-state index is 7.41. The summed E-state index contributed by atoms with van der Waals surface area (Å²) in [6, 6.07) is 23.0.